The van der Waals surface area contributed by atoms with Gasteiger partial charge in [-0.3, -0.25) is 0 Å². The van der Waals surface area contributed by atoms with E-state index >= 15 is 0 Å². The van der Waals surface area contributed by atoms with Crippen LogP contribution in [0, 0.1) is 0 Å². The monoisotopic (exact) mass is 346 g/mol. The molecule has 0 fully saturated rings. The lowest BCUT2D eigenvalue weighted by Gasteiger charge is -2.19. The van der Waals surface area contributed by atoms with E-state index in [4.69, 9.17) is 10.5 Å². The molecule has 5 nitrogen and oxygen atoms in total. The molecule has 0 aliphatic carbocycles. The van der Waals surface area contributed by atoms with Crippen LogP contribution in [0.3, 0.4) is 0 Å². The zero-order chi connectivity index (χ0) is 17.6. The standard InChI is InChI=1S/C18H26N4OS/c1-5-6-11-24-17-21-15(20-16(19)22-17)12-23-14-9-7-13(8-10-14)18(2,3)4/h7-10H,5-6,11-12H2,1-4H3,(H2,19,20,21,22). The topological polar surface area (TPSA) is 73.9 Å². The molecule has 0 spiro atoms. The third-order valence-electron chi connectivity index (χ3n) is 3.50. The Kier molecular flexibility index (Phi) is 6.43. The number of nitrogen functional groups attached to an aromatic ring is 1. The van der Waals surface area contributed by atoms with Crippen LogP contribution in [0.15, 0.2) is 29.4 Å². The summed E-state index contributed by atoms with van der Waals surface area (Å²) < 4.78 is 5.78. The summed E-state index contributed by atoms with van der Waals surface area (Å²) in [5.41, 5.74) is 7.17. The fourth-order valence-corrected chi connectivity index (χ4v) is 3.00. The van der Waals surface area contributed by atoms with Crippen LogP contribution in [0.2, 0.25) is 0 Å². The van der Waals surface area contributed by atoms with E-state index in [1.165, 1.54) is 5.56 Å². The highest BCUT2D eigenvalue weighted by molar-refractivity contribution is 7.99. The minimum atomic E-state index is 0.131. The van der Waals surface area contributed by atoms with Crippen molar-refractivity contribution in [3.05, 3.63) is 35.7 Å². The first-order valence-electron chi connectivity index (χ1n) is 8.25. The van der Waals surface area contributed by atoms with Crippen molar-refractivity contribution in [1.82, 2.24) is 15.0 Å². The van der Waals surface area contributed by atoms with E-state index in [2.05, 4.69) is 54.8 Å². The van der Waals surface area contributed by atoms with E-state index in [1.807, 2.05) is 12.1 Å². The highest BCUT2D eigenvalue weighted by atomic mass is 32.2. The van der Waals surface area contributed by atoms with Crippen LogP contribution in [0.5, 0.6) is 5.75 Å². The van der Waals surface area contributed by atoms with Crippen LogP contribution in [-0.2, 0) is 12.0 Å². The number of hydrogen-bond donors (Lipinski definition) is 1. The van der Waals surface area contributed by atoms with Crippen molar-refractivity contribution in [1.29, 1.82) is 0 Å². The summed E-state index contributed by atoms with van der Waals surface area (Å²) in [4.78, 5) is 12.7. The van der Waals surface area contributed by atoms with Crippen LogP contribution in [0.4, 0.5) is 5.95 Å². The Morgan fingerprint density at radius 3 is 2.42 bits per heavy atom. The van der Waals surface area contributed by atoms with Gasteiger partial charge in [0.2, 0.25) is 5.95 Å². The van der Waals surface area contributed by atoms with Crippen molar-refractivity contribution in [3.63, 3.8) is 0 Å². The average molecular weight is 347 g/mol. The molecule has 0 radical (unpaired) electrons. The molecule has 130 valence electrons. The van der Waals surface area contributed by atoms with Crippen molar-refractivity contribution in [2.24, 2.45) is 0 Å². The molecule has 2 aromatic rings. The van der Waals surface area contributed by atoms with E-state index in [1.54, 1.807) is 11.8 Å². The second-order valence-corrected chi connectivity index (χ2v) is 7.72. The van der Waals surface area contributed by atoms with Gasteiger partial charge in [-0.05, 0) is 29.5 Å². The van der Waals surface area contributed by atoms with E-state index in [0.717, 1.165) is 24.3 Å². The van der Waals surface area contributed by atoms with E-state index in [9.17, 15) is 0 Å². The molecule has 0 atom stereocenters. The Labute approximate surface area is 148 Å². The third kappa shape index (κ3) is 5.67. The van der Waals surface area contributed by atoms with Crippen molar-refractivity contribution >= 4 is 17.7 Å². The number of thioether (sulfide) groups is 1. The van der Waals surface area contributed by atoms with Crippen molar-refractivity contribution in [3.8, 4) is 5.75 Å². The Morgan fingerprint density at radius 1 is 1.08 bits per heavy atom. The average Bonchev–Trinajstić information content (AvgIpc) is 2.52. The lowest BCUT2D eigenvalue weighted by Crippen LogP contribution is -2.11. The summed E-state index contributed by atoms with van der Waals surface area (Å²) in [5, 5.41) is 0.664. The fraction of sp³-hybridized carbons (Fsp3) is 0.500. The lowest BCUT2D eigenvalue weighted by atomic mass is 9.87. The fourth-order valence-electron chi connectivity index (χ4n) is 2.05. The van der Waals surface area contributed by atoms with Crippen molar-refractivity contribution in [2.45, 2.75) is 57.7 Å². The number of ether oxygens (including phenoxy) is 1. The van der Waals surface area contributed by atoms with Gasteiger partial charge in [0.1, 0.15) is 12.4 Å². The number of anilines is 1. The summed E-state index contributed by atoms with van der Waals surface area (Å²) in [7, 11) is 0. The first-order valence-corrected chi connectivity index (χ1v) is 9.23. The van der Waals surface area contributed by atoms with Gasteiger partial charge in [-0.25, -0.2) is 4.98 Å². The molecule has 0 saturated heterocycles. The van der Waals surface area contributed by atoms with Gasteiger partial charge in [0.25, 0.3) is 0 Å². The molecule has 0 unspecified atom stereocenters. The smallest absolute Gasteiger partial charge is 0.224 e. The molecule has 1 heterocycles. The number of rotatable bonds is 7. The van der Waals surface area contributed by atoms with Crippen LogP contribution in [0.25, 0.3) is 0 Å². The SMILES string of the molecule is CCCCSc1nc(N)nc(COc2ccc(C(C)(C)C)cc2)n1. The zero-order valence-corrected chi connectivity index (χ0v) is 15.7. The van der Waals surface area contributed by atoms with Crippen molar-refractivity contribution in [2.75, 3.05) is 11.5 Å². The Bertz CT molecular complexity index is 653. The number of unbranched alkanes of at least 4 members (excludes halogenated alkanes) is 1. The number of benzene rings is 1. The van der Waals surface area contributed by atoms with E-state index in [-0.39, 0.29) is 18.0 Å². The van der Waals surface area contributed by atoms with Gasteiger partial charge < -0.3 is 10.5 Å². The predicted molar refractivity (Wildman–Crippen MR) is 99.3 cm³/mol. The van der Waals surface area contributed by atoms with Crippen LogP contribution >= 0.6 is 11.8 Å². The van der Waals surface area contributed by atoms with Gasteiger partial charge in [-0.15, -0.1) is 0 Å². The van der Waals surface area contributed by atoms with Gasteiger partial charge in [-0.2, -0.15) is 9.97 Å². The summed E-state index contributed by atoms with van der Waals surface area (Å²) in [5.74, 6) is 2.57. The quantitative estimate of drug-likeness (QED) is 0.597. The minimum absolute atomic E-state index is 0.131. The first kappa shape index (κ1) is 18.5. The molecule has 0 saturated carbocycles. The highest BCUT2D eigenvalue weighted by Crippen LogP contribution is 2.24. The molecular formula is C18H26N4OS. The number of nitrogens with two attached hydrogens (primary N) is 1. The highest BCUT2D eigenvalue weighted by Gasteiger charge is 2.13. The van der Waals surface area contributed by atoms with E-state index in [0.29, 0.717) is 11.0 Å². The maximum absolute atomic E-state index is 5.78. The van der Waals surface area contributed by atoms with Gasteiger partial charge in [0, 0.05) is 5.75 Å². The summed E-state index contributed by atoms with van der Waals surface area (Å²) in [6, 6.07) is 8.12. The Morgan fingerprint density at radius 2 is 1.79 bits per heavy atom. The molecule has 0 amide bonds. The molecule has 0 bridgehead atoms. The molecular weight excluding hydrogens is 320 g/mol. The molecule has 2 rings (SSSR count). The number of aromatic nitrogens is 3. The largest absolute Gasteiger partial charge is 0.486 e. The normalized spacial score (nSPS) is 11.5. The maximum atomic E-state index is 5.78. The summed E-state index contributed by atoms with van der Waals surface area (Å²) in [6.45, 7) is 9.01. The molecule has 6 heteroatoms. The zero-order valence-electron chi connectivity index (χ0n) is 14.9. The third-order valence-corrected chi connectivity index (χ3v) is 4.43. The summed E-state index contributed by atoms with van der Waals surface area (Å²) >= 11 is 1.60. The second kappa shape index (κ2) is 8.33. The molecule has 1 aromatic heterocycles. The van der Waals surface area contributed by atoms with Crippen LogP contribution in [-0.4, -0.2) is 20.7 Å². The molecule has 24 heavy (non-hydrogen) atoms. The summed E-state index contributed by atoms with van der Waals surface area (Å²) in [6.07, 6.45) is 2.27. The van der Waals surface area contributed by atoms with Crippen LogP contribution < -0.4 is 10.5 Å². The predicted octanol–water partition coefficient (Wildman–Crippen LogP) is 4.22. The molecule has 0 aliphatic heterocycles. The Balaban J connectivity index is 1.98. The van der Waals surface area contributed by atoms with Gasteiger partial charge >= 0.3 is 0 Å². The van der Waals surface area contributed by atoms with Gasteiger partial charge in [0.05, 0.1) is 0 Å². The second-order valence-electron chi connectivity index (χ2n) is 6.66. The maximum Gasteiger partial charge on any atom is 0.224 e. The first-order chi connectivity index (χ1) is 11.4. The lowest BCUT2D eigenvalue weighted by molar-refractivity contribution is 0.294. The van der Waals surface area contributed by atoms with Gasteiger partial charge in [0.15, 0.2) is 11.0 Å². The number of hydrogen-bond acceptors (Lipinski definition) is 6. The molecule has 1 aromatic carbocycles. The number of nitrogens with zero attached hydrogens (tertiary/aromatic N) is 3. The molecule has 2 N–H and O–H groups in total. The minimum Gasteiger partial charge on any atom is -0.486 e. The van der Waals surface area contributed by atoms with Crippen molar-refractivity contribution < 1.29 is 4.74 Å². The van der Waals surface area contributed by atoms with E-state index < -0.39 is 0 Å². The van der Waals surface area contributed by atoms with Crippen LogP contribution in [0.1, 0.15) is 51.9 Å². The Hall–Kier alpha value is -1.82. The van der Waals surface area contributed by atoms with Gasteiger partial charge in [-0.1, -0.05) is 58.0 Å². The molecule has 0 aliphatic rings.